The zero-order chi connectivity index (χ0) is 12.3. The first-order chi connectivity index (χ1) is 7.37. The molecule has 90 valence electrons. The number of nitrogens with one attached hydrogen (secondary N) is 1. The van der Waals surface area contributed by atoms with Gasteiger partial charge in [0.1, 0.15) is 18.1 Å². The molecule has 0 saturated heterocycles. The molecular formula is C9H13F3N4. The quantitative estimate of drug-likeness (QED) is 0.617. The Hall–Kier alpha value is -1.37. The Morgan fingerprint density at radius 2 is 1.94 bits per heavy atom. The van der Waals surface area contributed by atoms with Crippen molar-refractivity contribution in [3.8, 4) is 0 Å². The van der Waals surface area contributed by atoms with Crippen molar-refractivity contribution in [1.29, 1.82) is 0 Å². The second-order valence-electron chi connectivity index (χ2n) is 3.35. The van der Waals surface area contributed by atoms with Crippen LogP contribution in [0.2, 0.25) is 0 Å². The number of halogens is 3. The first-order valence-electron chi connectivity index (χ1n) is 4.77. The smallest absolute Gasteiger partial charge is 0.308 e. The number of hydrogen-bond donors (Lipinski definition) is 2. The van der Waals surface area contributed by atoms with Crippen LogP contribution in [0.1, 0.15) is 24.0 Å². The Labute approximate surface area is 91.1 Å². The summed E-state index contributed by atoms with van der Waals surface area (Å²) >= 11 is 0. The van der Waals surface area contributed by atoms with Crippen LogP contribution in [0.5, 0.6) is 0 Å². The Morgan fingerprint density at radius 1 is 1.31 bits per heavy atom. The van der Waals surface area contributed by atoms with Gasteiger partial charge in [0.15, 0.2) is 0 Å². The number of anilines is 1. The zero-order valence-electron chi connectivity index (χ0n) is 9.02. The molecule has 1 aromatic heterocycles. The molecule has 1 aromatic rings. The van der Waals surface area contributed by atoms with E-state index in [-0.39, 0.29) is 11.6 Å². The van der Waals surface area contributed by atoms with Gasteiger partial charge in [0.25, 0.3) is 0 Å². The second kappa shape index (κ2) is 4.65. The molecule has 0 spiro atoms. The van der Waals surface area contributed by atoms with Gasteiger partial charge in [-0.25, -0.2) is 15.8 Å². The van der Waals surface area contributed by atoms with Crippen LogP contribution in [0.4, 0.5) is 19.0 Å². The number of aryl methyl sites for hydroxylation is 1. The Kier molecular flexibility index (Phi) is 3.69. The number of nitrogen functional groups attached to an aromatic ring is 1. The van der Waals surface area contributed by atoms with Crippen molar-refractivity contribution < 1.29 is 13.2 Å². The standard InChI is InChI=1S/C9H13F3N4/c1-3-6-5(2)8(16-13)15-7(14-6)4-9(10,11)12/h3-4,13H2,1-2H3,(H,14,15,16). The van der Waals surface area contributed by atoms with Gasteiger partial charge in [-0.15, -0.1) is 0 Å². The van der Waals surface area contributed by atoms with Crippen molar-refractivity contribution in [2.45, 2.75) is 32.9 Å². The molecule has 1 rings (SSSR count). The summed E-state index contributed by atoms with van der Waals surface area (Å²) in [7, 11) is 0. The van der Waals surface area contributed by atoms with Gasteiger partial charge in [-0.05, 0) is 13.3 Å². The van der Waals surface area contributed by atoms with Crippen molar-refractivity contribution >= 4 is 5.82 Å². The highest BCUT2D eigenvalue weighted by molar-refractivity contribution is 5.44. The van der Waals surface area contributed by atoms with Crippen molar-refractivity contribution in [1.82, 2.24) is 9.97 Å². The van der Waals surface area contributed by atoms with Gasteiger partial charge < -0.3 is 5.43 Å². The minimum atomic E-state index is -4.31. The lowest BCUT2D eigenvalue weighted by Gasteiger charge is -2.11. The van der Waals surface area contributed by atoms with E-state index in [4.69, 9.17) is 5.84 Å². The van der Waals surface area contributed by atoms with Gasteiger partial charge >= 0.3 is 6.18 Å². The molecule has 0 saturated carbocycles. The highest BCUT2D eigenvalue weighted by Crippen LogP contribution is 2.22. The Balaban J connectivity index is 3.12. The first kappa shape index (κ1) is 12.7. The van der Waals surface area contributed by atoms with Crippen LogP contribution in [0.25, 0.3) is 0 Å². The average molecular weight is 234 g/mol. The van der Waals surface area contributed by atoms with Crippen molar-refractivity contribution in [3.05, 3.63) is 17.1 Å². The van der Waals surface area contributed by atoms with E-state index in [9.17, 15) is 13.2 Å². The molecule has 0 aliphatic heterocycles. The maximum Gasteiger partial charge on any atom is 0.396 e. The summed E-state index contributed by atoms with van der Waals surface area (Å²) in [4.78, 5) is 7.58. The SMILES string of the molecule is CCc1nc(CC(F)(F)F)nc(NN)c1C. The minimum absolute atomic E-state index is 0.242. The topological polar surface area (TPSA) is 63.8 Å². The Bertz CT molecular complexity index is 351. The lowest BCUT2D eigenvalue weighted by molar-refractivity contribution is -0.128. The van der Waals surface area contributed by atoms with E-state index in [1.165, 1.54) is 0 Å². The number of aromatic nitrogens is 2. The molecular weight excluding hydrogens is 221 g/mol. The number of rotatable bonds is 3. The van der Waals surface area contributed by atoms with E-state index < -0.39 is 12.6 Å². The fourth-order valence-corrected chi connectivity index (χ4v) is 1.36. The molecule has 1 heterocycles. The third-order valence-electron chi connectivity index (χ3n) is 2.12. The molecule has 0 aliphatic rings. The highest BCUT2D eigenvalue weighted by Gasteiger charge is 2.30. The second-order valence-corrected chi connectivity index (χ2v) is 3.35. The van der Waals surface area contributed by atoms with E-state index in [0.717, 1.165) is 0 Å². The first-order valence-corrected chi connectivity index (χ1v) is 4.77. The van der Waals surface area contributed by atoms with Crippen LogP contribution in [0, 0.1) is 6.92 Å². The molecule has 0 fully saturated rings. The van der Waals surface area contributed by atoms with E-state index in [2.05, 4.69) is 15.4 Å². The molecule has 0 radical (unpaired) electrons. The van der Waals surface area contributed by atoms with Gasteiger partial charge in [0, 0.05) is 11.3 Å². The fraction of sp³-hybridized carbons (Fsp3) is 0.556. The molecule has 0 aromatic carbocycles. The van der Waals surface area contributed by atoms with Crippen LogP contribution in [-0.2, 0) is 12.8 Å². The predicted molar refractivity (Wildman–Crippen MR) is 53.7 cm³/mol. The number of nitrogens with two attached hydrogens (primary N) is 1. The summed E-state index contributed by atoms with van der Waals surface area (Å²) < 4.78 is 36.5. The molecule has 0 unspecified atom stereocenters. The van der Waals surface area contributed by atoms with Crippen LogP contribution in [0.3, 0.4) is 0 Å². The average Bonchev–Trinajstić information content (AvgIpc) is 2.18. The number of nitrogens with zero attached hydrogens (tertiary/aromatic N) is 2. The van der Waals surface area contributed by atoms with Crippen LogP contribution < -0.4 is 11.3 Å². The normalized spacial score (nSPS) is 11.6. The minimum Gasteiger partial charge on any atom is -0.308 e. The van der Waals surface area contributed by atoms with Crippen LogP contribution in [0.15, 0.2) is 0 Å². The summed E-state index contributed by atoms with van der Waals surface area (Å²) in [5.74, 6) is 5.17. The largest absolute Gasteiger partial charge is 0.396 e. The molecule has 4 nitrogen and oxygen atoms in total. The monoisotopic (exact) mass is 234 g/mol. The molecule has 0 bridgehead atoms. The molecule has 0 atom stereocenters. The third kappa shape index (κ3) is 3.06. The molecule has 16 heavy (non-hydrogen) atoms. The summed E-state index contributed by atoms with van der Waals surface area (Å²) in [5.41, 5.74) is 3.53. The summed E-state index contributed by atoms with van der Waals surface area (Å²) in [6.45, 7) is 3.53. The van der Waals surface area contributed by atoms with Gasteiger partial charge in [-0.3, -0.25) is 0 Å². The molecule has 3 N–H and O–H groups in total. The summed E-state index contributed by atoms with van der Waals surface area (Å²) in [6, 6.07) is 0. The number of hydrogen-bond acceptors (Lipinski definition) is 4. The van der Waals surface area contributed by atoms with Gasteiger partial charge in [-0.2, -0.15) is 13.2 Å². The zero-order valence-corrected chi connectivity index (χ0v) is 9.02. The van der Waals surface area contributed by atoms with Crippen molar-refractivity contribution in [2.75, 3.05) is 5.43 Å². The molecule has 7 heteroatoms. The highest BCUT2D eigenvalue weighted by atomic mass is 19.4. The van der Waals surface area contributed by atoms with E-state index >= 15 is 0 Å². The summed E-state index contributed by atoms with van der Waals surface area (Å²) in [5, 5.41) is 0. The van der Waals surface area contributed by atoms with E-state index in [0.29, 0.717) is 17.7 Å². The number of alkyl halides is 3. The molecule has 0 amide bonds. The number of hydrazine groups is 1. The van der Waals surface area contributed by atoms with Gasteiger partial charge in [-0.1, -0.05) is 6.92 Å². The van der Waals surface area contributed by atoms with E-state index in [1.807, 2.05) is 6.92 Å². The maximum absolute atomic E-state index is 12.2. The fourth-order valence-electron chi connectivity index (χ4n) is 1.36. The van der Waals surface area contributed by atoms with Crippen molar-refractivity contribution in [3.63, 3.8) is 0 Å². The molecule has 0 aliphatic carbocycles. The van der Waals surface area contributed by atoms with Gasteiger partial charge in [0.2, 0.25) is 0 Å². The maximum atomic E-state index is 12.2. The van der Waals surface area contributed by atoms with Gasteiger partial charge in [0.05, 0.1) is 0 Å². The van der Waals surface area contributed by atoms with E-state index in [1.54, 1.807) is 6.92 Å². The van der Waals surface area contributed by atoms with Crippen molar-refractivity contribution in [2.24, 2.45) is 5.84 Å². The summed E-state index contributed by atoms with van der Waals surface area (Å²) in [6.07, 6.45) is -4.92. The Morgan fingerprint density at radius 3 is 2.38 bits per heavy atom. The predicted octanol–water partition coefficient (Wildman–Crippen LogP) is 1.74. The van der Waals surface area contributed by atoms with Crippen LogP contribution in [-0.4, -0.2) is 16.1 Å². The lowest BCUT2D eigenvalue weighted by Crippen LogP contribution is -2.18. The third-order valence-corrected chi connectivity index (χ3v) is 2.12. The lowest BCUT2D eigenvalue weighted by atomic mass is 10.2. The van der Waals surface area contributed by atoms with Crippen LogP contribution >= 0.6 is 0 Å².